The zero-order valence-electron chi connectivity index (χ0n) is 11.0. The van der Waals surface area contributed by atoms with Crippen LogP contribution in [0.4, 0.5) is 0 Å². The van der Waals surface area contributed by atoms with Crippen LogP contribution in [0.3, 0.4) is 0 Å². The van der Waals surface area contributed by atoms with Crippen LogP contribution in [0.1, 0.15) is 33.9 Å². The van der Waals surface area contributed by atoms with E-state index in [4.69, 9.17) is 5.11 Å². The second kappa shape index (κ2) is 6.85. The predicted molar refractivity (Wildman–Crippen MR) is 78.4 cm³/mol. The lowest BCUT2D eigenvalue weighted by Crippen LogP contribution is -2.26. The maximum atomic E-state index is 12.1. The minimum Gasteiger partial charge on any atom is -0.384 e. The Bertz CT molecular complexity index is 624. The summed E-state index contributed by atoms with van der Waals surface area (Å²) in [6.45, 7) is 1.73. The van der Waals surface area contributed by atoms with Crippen molar-refractivity contribution < 1.29 is 9.90 Å². The second-order valence-electron chi connectivity index (χ2n) is 4.10. The Hall–Kier alpha value is -2.16. The molecule has 0 aliphatic carbocycles. The number of carbonyl (C=O) groups excluding carboxylic acids is 1. The molecular formula is C15H14N2O2S. The number of nitrogens with zero attached hydrogens (tertiary/aromatic N) is 1. The average molecular weight is 286 g/mol. The Labute approximate surface area is 121 Å². The van der Waals surface area contributed by atoms with E-state index in [1.165, 1.54) is 11.3 Å². The minimum absolute atomic E-state index is 0.114. The van der Waals surface area contributed by atoms with Crippen molar-refractivity contribution in [3.8, 4) is 11.8 Å². The first-order valence-electron chi connectivity index (χ1n) is 6.10. The highest BCUT2D eigenvalue weighted by Gasteiger charge is 2.12. The van der Waals surface area contributed by atoms with Crippen molar-refractivity contribution >= 4 is 17.2 Å². The number of rotatable bonds is 3. The minimum atomic E-state index is -0.173. The van der Waals surface area contributed by atoms with E-state index in [1.807, 2.05) is 12.3 Å². The molecule has 1 aromatic heterocycles. The van der Waals surface area contributed by atoms with E-state index in [-0.39, 0.29) is 18.6 Å². The third-order valence-corrected chi connectivity index (χ3v) is 3.59. The Morgan fingerprint density at radius 1 is 1.45 bits per heavy atom. The summed E-state index contributed by atoms with van der Waals surface area (Å²) in [5.74, 6) is 5.20. The van der Waals surface area contributed by atoms with Crippen LogP contribution in [0, 0.1) is 11.8 Å². The topological polar surface area (TPSA) is 62.2 Å². The van der Waals surface area contributed by atoms with Crippen LogP contribution in [-0.4, -0.2) is 22.6 Å². The van der Waals surface area contributed by atoms with Crippen LogP contribution >= 0.6 is 11.3 Å². The van der Waals surface area contributed by atoms with Gasteiger partial charge in [0.05, 0.1) is 6.04 Å². The number of thiazole rings is 1. The summed E-state index contributed by atoms with van der Waals surface area (Å²) in [5, 5.41) is 14.3. The molecule has 0 radical (unpaired) electrons. The van der Waals surface area contributed by atoms with Crippen molar-refractivity contribution in [1.29, 1.82) is 0 Å². The van der Waals surface area contributed by atoms with Crippen LogP contribution in [0.2, 0.25) is 0 Å². The first-order chi connectivity index (χ1) is 9.70. The van der Waals surface area contributed by atoms with Crippen LogP contribution in [0.15, 0.2) is 35.8 Å². The van der Waals surface area contributed by atoms with Gasteiger partial charge in [-0.15, -0.1) is 11.3 Å². The van der Waals surface area contributed by atoms with E-state index < -0.39 is 0 Å². The molecule has 1 amide bonds. The molecule has 0 aliphatic rings. The van der Waals surface area contributed by atoms with Gasteiger partial charge >= 0.3 is 0 Å². The number of benzene rings is 1. The number of carbonyl (C=O) groups is 1. The van der Waals surface area contributed by atoms with Crippen molar-refractivity contribution in [2.24, 2.45) is 0 Å². The normalized spacial score (nSPS) is 11.3. The van der Waals surface area contributed by atoms with Crippen molar-refractivity contribution in [2.45, 2.75) is 13.0 Å². The van der Waals surface area contributed by atoms with Gasteiger partial charge in [0.15, 0.2) is 0 Å². The van der Waals surface area contributed by atoms with Gasteiger partial charge in [-0.3, -0.25) is 4.79 Å². The molecule has 1 aromatic carbocycles. The second-order valence-corrected chi connectivity index (χ2v) is 5.03. The highest BCUT2D eigenvalue weighted by atomic mass is 32.1. The van der Waals surface area contributed by atoms with Gasteiger partial charge in [-0.25, -0.2) is 4.98 Å². The fourth-order valence-corrected chi connectivity index (χ4v) is 2.28. The van der Waals surface area contributed by atoms with Gasteiger partial charge in [0.1, 0.15) is 11.6 Å². The first kappa shape index (κ1) is 14.3. The van der Waals surface area contributed by atoms with Crippen LogP contribution < -0.4 is 5.32 Å². The smallest absolute Gasteiger partial charge is 0.251 e. The molecule has 0 bridgehead atoms. The average Bonchev–Trinajstić information content (AvgIpc) is 3.00. The van der Waals surface area contributed by atoms with Gasteiger partial charge in [0, 0.05) is 22.7 Å². The SMILES string of the molecule is CC(NC(=O)c1ccc(C#CCO)cc1)c1nccs1. The zero-order chi connectivity index (χ0) is 14.4. The zero-order valence-corrected chi connectivity index (χ0v) is 11.8. The van der Waals surface area contributed by atoms with Crippen molar-refractivity contribution in [3.63, 3.8) is 0 Å². The summed E-state index contributed by atoms with van der Waals surface area (Å²) < 4.78 is 0. The Morgan fingerprint density at radius 3 is 2.80 bits per heavy atom. The van der Waals surface area contributed by atoms with Gasteiger partial charge in [0.2, 0.25) is 0 Å². The van der Waals surface area contributed by atoms with Gasteiger partial charge in [-0.1, -0.05) is 11.8 Å². The molecule has 5 heteroatoms. The quantitative estimate of drug-likeness (QED) is 0.848. The number of aliphatic hydroxyl groups excluding tert-OH is 1. The number of amides is 1. The standard InChI is InChI=1S/C15H14N2O2S/c1-11(15-16-8-10-20-15)17-14(19)13-6-4-12(5-7-13)3-2-9-18/h4-8,10-11,18H,9H2,1H3,(H,17,19). The summed E-state index contributed by atoms with van der Waals surface area (Å²) in [6.07, 6.45) is 1.72. The summed E-state index contributed by atoms with van der Waals surface area (Å²) in [5.41, 5.74) is 1.34. The molecule has 0 fully saturated rings. The van der Waals surface area contributed by atoms with Crippen molar-refractivity contribution in [2.75, 3.05) is 6.61 Å². The van der Waals surface area contributed by atoms with Crippen molar-refractivity contribution in [3.05, 3.63) is 52.0 Å². The monoisotopic (exact) mass is 286 g/mol. The fourth-order valence-electron chi connectivity index (χ4n) is 1.64. The van der Waals surface area contributed by atoms with Gasteiger partial charge in [0.25, 0.3) is 5.91 Å². The number of aliphatic hydroxyl groups is 1. The first-order valence-corrected chi connectivity index (χ1v) is 6.98. The van der Waals surface area contributed by atoms with Crippen molar-refractivity contribution in [1.82, 2.24) is 10.3 Å². The third kappa shape index (κ3) is 3.67. The highest BCUT2D eigenvalue weighted by molar-refractivity contribution is 7.09. The van der Waals surface area contributed by atoms with E-state index in [9.17, 15) is 4.79 Å². The summed E-state index contributed by atoms with van der Waals surface area (Å²) >= 11 is 1.51. The summed E-state index contributed by atoms with van der Waals surface area (Å²) in [7, 11) is 0. The van der Waals surface area contributed by atoms with Gasteiger partial charge in [-0.2, -0.15) is 0 Å². The Morgan fingerprint density at radius 2 is 2.20 bits per heavy atom. The molecule has 1 heterocycles. The molecule has 4 nitrogen and oxygen atoms in total. The molecule has 1 atom stereocenters. The van der Waals surface area contributed by atoms with Gasteiger partial charge < -0.3 is 10.4 Å². The van der Waals surface area contributed by atoms with E-state index in [0.717, 1.165) is 10.6 Å². The van der Waals surface area contributed by atoms with Crippen LogP contribution in [0.25, 0.3) is 0 Å². The lowest BCUT2D eigenvalue weighted by Gasteiger charge is -2.11. The predicted octanol–water partition coefficient (Wildman–Crippen LogP) is 1.98. The molecule has 0 aliphatic heterocycles. The molecule has 2 N–H and O–H groups in total. The molecule has 20 heavy (non-hydrogen) atoms. The molecule has 1 unspecified atom stereocenters. The molecule has 2 aromatic rings. The maximum absolute atomic E-state index is 12.1. The van der Waals surface area contributed by atoms with E-state index in [0.29, 0.717) is 5.56 Å². The molecule has 0 saturated carbocycles. The molecule has 0 saturated heterocycles. The Kier molecular flexibility index (Phi) is 4.88. The van der Waals surface area contributed by atoms with Crippen LogP contribution in [-0.2, 0) is 0 Å². The fraction of sp³-hybridized carbons (Fsp3) is 0.200. The number of nitrogens with one attached hydrogen (secondary N) is 1. The van der Waals surface area contributed by atoms with Gasteiger partial charge in [-0.05, 0) is 31.2 Å². The molecule has 102 valence electrons. The Balaban J connectivity index is 2.02. The third-order valence-electron chi connectivity index (χ3n) is 2.63. The number of aromatic nitrogens is 1. The molecule has 0 spiro atoms. The number of hydrogen-bond donors (Lipinski definition) is 2. The number of hydrogen-bond acceptors (Lipinski definition) is 4. The van der Waals surface area contributed by atoms with E-state index in [2.05, 4.69) is 22.1 Å². The van der Waals surface area contributed by atoms with E-state index in [1.54, 1.807) is 30.5 Å². The van der Waals surface area contributed by atoms with E-state index >= 15 is 0 Å². The maximum Gasteiger partial charge on any atom is 0.251 e. The largest absolute Gasteiger partial charge is 0.384 e. The summed E-state index contributed by atoms with van der Waals surface area (Å²) in [4.78, 5) is 16.2. The molecular weight excluding hydrogens is 272 g/mol. The molecule has 2 rings (SSSR count). The lowest BCUT2D eigenvalue weighted by atomic mass is 10.1. The highest BCUT2D eigenvalue weighted by Crippen LogP contribution is 2.15. The lowest BCUT2D eigenvalue weighted by molar-refractivity contribution is 0.0940. The summed E-state index contributed by atoms with van der Waals surface area (Å²) in [6, 6.07) is 6.82. The van der Waals surface area contributed by atoms with Crippen LogP contribution in [0.5, 0.6) is 0 Å².